The zero-order valence-electron chi connectivity index (χ0n) is 23.6. The molecule has 0 bridgehead atoms. The lowest BCUT2D eigenvalue weighted by atomic mass is 9.46. The molecular weight excluding hydrogens is 510 g/mol. The predicted octanol–water partition coefficient (Wildman–Crippen LogP) is 4.08. The second kappa shape index (κ2) is 9.36. The van der Waals surface area contributed by atoms with Crippen molar-refractivity contribution < 1.29 is 33.7 Å². The molecule has 1 aliphatic heterocycles. The first kappa shape index (κ1) is 27.4. The summed E-state index contributed by atoms with van der Waals surface area (Å²) in [6, 6.07) is 7.20. The smallest absolute Gasteiger partial charge is 0.308 e. The van der Waals surface area contributed by atoms with Crippen molar-refractivity contribution in [3.8, 4) is 0 Å². The number of esters is 1. The number of ketones is 2. The summed E-state index contributed by atoms with van der Waals surface area (Å²) in [7, 11) is 0. The van der Waals surface area contributed by atoms with Crippen LogP contribution in [-0.4, -0.2) is 47.1 Å². The minimum absolute atomic E-state index is 0.00698. The van der Waals surface area contributed by atoms with Crippen LogP contribution in [0, 0.1) is 34.5 Å². The van der Waals surface area contributed by atoms with Crippen LogP contribution in [0.4, 0.5) is 5.69 Å². The van der Waals surface area contributed by atoms with Crippen LogP contribution in [0.3, 0.4) is 0 Å². The second-order valence-electron chi connectivity index (χ2n) is 13.1. The van der Waals surface area contributed by atoms with Gasteiger partial charge in [-0.2, -0.15) is 0 Å². The Bertz CT molecular complexity index is 1300. The van der Waals surface area contributed by atoms with Crippen LogP contribution < -0.4 is 5.73 Å². The first-order chi connectivity index (χ1) is 18.9. The molecule has 40 heavy (non-hydrogen) atoms. The van der Waals surface area contributed by atoms with E-state index in [0.717, 1.165) is 24.0 Å². The number of anilines is 1. The van der Waals surface area contributed by atoms with E-state index in [1.807, 2.05) is 25.1 Å². The number of nitrogens with two attached hydrogens (primary N) is 1. The third-order valence-electron chi connectivity index (χ3n) is 10.7. The van der Waals surface area contributed by atoms with E-state index in [4.69, 9.17) is 19.9 Å². The Labute approximate surface area is 234 Å². The molecule has 1 saturated heterocycles. The van der Waals surface area contributed by atoms with Gasteiger partial charge in [0.2, 0.25) is 5.78 Å². The number of rotatable bonds is 5. The normalized spacial score (nSPS) is 41.5. The number of allylic oxidation sites excluding steroid dienone is 4. The zero-order valence-corrected chi connectivity index (χ0v) is 23.6. The fourth-order valence-electron chi connectivity index (χ4n) is 8.78. The minimum atomic E-state index is -1.39. The molecule has 0 radical (unpaired) electrons. The van der Waals surface area contributed by atoms with E-state index >= 15 is 0 Å². The Kier molecular flexibility index (Phi) is 6.40. The van der Waals surface area contributed by atoms with E-state index in [1.165, 1.54) is 0 Å². The molecule has 0 spiro atoms. The number of benzene rings is 1. The molecule has 0 unspecified atom stereocenters. The number of nitrogen functional groups attached to an aromatic ring is 1. The number of aliphatic hydroxyl groups is 1. The minimum Gasteiger partial charge on any atom is -0.457 e. The molecule has 4 fully saturated rings. The standard InChI is InChI=1S/C32H39NO7/c1-17(2)28(37)38-16-25(36)32-26(39-29(40-32)18-5-8-20(33)9-6-18)14-23-22-10-7-19-13-21(34)11-12-30(19,3)27(22)24(35)15-31(23,32)4/h5-6,8-9,11-13,17,22-24,26-27,29,35H,7,10,14-16,33H2,1-4H3/t22-,23-,24-,26+,27+,29+,30-,31-,32+/m0/s1. The molecule has 1 heterocycles. The van der Waals surface area contributed by atoms with Crippen molar-refractivity contribution in [1.82, 2.24) is 0 Å². The fraction of sp³-hybridized carbons (Fsp3) is 0.594. The predicted molar refractivity (Wildman–Crippen MR) is 146 cm³/mol. The summed E-state index contributed by atoms with van der Waals surface area (Å²) in [5.41, 5.74) is 5.76. The lowest BCUT2D eigenvalue weighted by molar-refractivity contribution is -0.202. The van der Waals surface area contributed by atoms with Gasteiger partial charge in [-0.05, 0) is 61.8 Å². The Balaban J connectivity index is 1.38. The largest absolute Gasteiger partial charge is 0.457 e. The van der Waals surface area contributed by atoms with Gasteiger partial charge in [-0.25, -0.2) is 0 Å². The number of Topliss-reactive ketones (excluding diaryl/α,β-unsaturated/α-hetero) is 1. The van der Waals surface area contributed by atoms with Gasteiger partial charge >= 0.3 is 5.97 Å². The van der Waals surface area contributed by atoms with Gasteiger partial charge in [0, 0.05) is 28.0 Å². The summed E-state index contributed by atoms with van der Waals surface area (Å²) in [5.74, 6) is -1.10. The number of aliphatic hydroxyl groups excluding tert-OH is 1. The molecule has 214 valence electrons. The number of fused-ring (bicyclic) bond motifs is 7. The third kappa shape index (κ3) is 3.79. The molecular formula is C32H39NO7. The van der Waals surface area contributed by atoms with Gasteiger partial charge in [0.1, 0.15) is 0 Å². The zero-order chi connectivity index (χ0) is 28.6. The molecule has 5 aliphatic rings. The highest BCUT2D eigenvalue weighted by molar-refractivity contribution is 6.01. The monoisotopic (exact) mass is 549 g/mol. The molecule has 8 nitrogen and oxygen atoms in total. The van der Waals surface area contributed by atoms with Gasteiger partial charge in [0.15, 0.2) is 24.3 Å². The number of carbonyl (C=O) groups excluding carboxylic acids is 3. The number of ether oxygens (including phenoxy) is 3. The van der Waals surface area contributed by atoms with Gasteiger partial charge in [0.25, 0.3) is 0 Å². The van der Waals surface area contributed by atoms with E-state index in [9.17, 15) is 19.5 Å². The Morgan fingerprint density at radius 3 is 2.62 bits per heavy atom. The quantitative estimate of drug-likeness (QED) is 0.416. The summed E-state index contributed by atoms with van der Waals surface area (Å²) < 4.78 is 18.7. The van der Waals surface area contributed by atoms with Crippen LogP contribution in [0.15, 0.2) is 48.1 Å². The molecule has 8 heteroatoms. The van der Waals surface area contributed by atoms with Crippen molar-refractivity contribution in [3.63, 3.8) is 0 Å². The molecule has 4 aliphatic carbocycles. The molecule has 0 aromatic heterocycles. The summed E-state index contributed by atoms with van der Waals surface area (Å²) in [6.07, 6.45) is 5.76. The fourth-order valence-corrected chi connectivity index (χ4v) is 8.78. The Morgan fingerprint density at radius 1 is 1.20 bits per heavy atom. The first-order valence-electron chi connectivity index (χ1n) is 14.4. The summed E-state index contributed by atoms with van der Waals surface area (Å²) in [5, 5.41) is 11.9. The average molecular weight is 550 g/mol. The van der Waals surface area contributed by atoms with Crippen molar-refractivity contribution in [2.45, 2.75) is 77.5 Å². The average Bonchev–Trinajstić information content (AvgIpc) is 3.40. The van der Waals surface area contributed by atoms with Gasteiger partial charge < -0.3 is 25.1 Å². The molecule has 1 aromatic carbocycles. The van der Waals surface area contributed by atoms with Crippen LogP contribution >= 0.6 is 0 Å². The van der Waals surface area contributed by atoms with Crippen LogP contribution in [0.1, 0.15) is 65.2 Å². The maximum absolute atomic E-state index is 14.2. The maximum atomic E-state index is 14.2. The van der Waals surface area contributed by atoms with Crippen molar-refractivity contribution >= 4 is 23.2 Å². The highest BCUT2D eigenvalue weighted by Crippen LogP contribution is 2.70. The van der Waals surface area contributed by atoms with E-state index in [0.29, 0.717) is 18.5 Å². The van der Waals surface area contributed by atoms with Crippen molar-refractivity contribution in [2.75, 3.05) is 12.3 Å². The van der Waals surface area contributed by atoms with Crippen LogP contribution in [0.5, 0.6) is 0 Å². The van der Waals surface area contributed by atoms with Crippen LogP contribution in [-0.2, 0) is 28.6 Å². The molecule has 6 rings (SSSR count). The number of carbonyl (C=O) groups is 3. The van der Waals surface area contributed by atoms with Gasteiger partial charge in [-0.1, -0.05) is 51.5 Å². The van der Waals surface area contributed by atoms with E-state index in [1.54, 1.807) is 38.1 Å². The SMILES string of the molecule is CC(C)C(=O)OCC(=O)[C@@]12O[C@H](c3ccc(N)cc3)O[C@@H]1C[C@H]1[C@@H]3CCC4=CC(=O)C=C[C@]4(C)[C@H]3[C@@H](O)C[C@@]12C. The van der Waals surface area contributed by atoms with Crippen molar-refractivity contribution in [2.24, 2.45) is 34.5 Å². The third-order valence-corrected chi connectivity index (χ3v) is 10.7. The highest BCUT2D eigenvalue weighted by atomic mass is 16.7. The van der Waals surface area contributed by atoms with Crippen molar-refractivity contribution in [3.05, 3.63) is 53.6 Å². The second-order valence-corrected chi connectivity index (χ2v) is 13.1. The lowest BCUT2D eigenvalue weighted by Crippen LogP contribution is -2.63. The van der Waals surface area contributed by atoms with E-state index in [-0.39, 0.29) is 35.2 Å². The molecule has 0 amide bonds. The van der Waals surface area contributed by atoms with Crippen LogP contribution in [0.2, 0.25) is 0 Å². The first-order valence-corrected chi connectivity index (χ1v) is 14.4. The summed E-state index contributed by atoms with van der Waals surface area (Å²) >= 11 is 0. The number of hydrogen-bond donors (Lipinski definition) is 2. The van der Waals surface area contributed by atoms with Gasteiger partial charge in [-0.15, -0.1) is 0 Å². The topological polar surface area (TPSA) is 125 Å². The van der Waals surface area contributed by atoms with Crippen LogP contribution in [0.25, 0.3) is 0 Å². The lowest BCUT2D eigenvalue weighted by Gasteiger charge is -2.59. The van der Waals surface area contributed by atoms with Gasteiger partial charge in [-0.3, -0.25) is 14.4 Å². The molecule has 1 aromatic rings. The number of hydrogen-bond acceptors (Lipinski definition) is 8. The molecule has 3 saturated carbocycles. The Morgan fingerprint density at radius 2 is 1.93 bits per heavy atom. The maximum Gasteiger partial charge on any atom is 0.308 e. The summed E-state index contributed by atoms with van der Waals surface area (Å²) in [4.78, 5) is 38.7. The van der Waals surface area contributed by atoms with Crippen molar-refractivity contribution in [1.29, 1.82) is 0 Å². The molecule has 3 N–H and O–H groups in total. The Hall–Kier alpha value is -2.81. The van der Waals surface area contributed by atoms with Gasteiger partial charge in [0.05, 0.1) is 18.1 Å². The highest BCUT2D eigenvalue weighted by Gasteiger charge is 2.76. The summed E-state index contributed by atoms with van der Waals surface area (Å²) in [6.45, 7) is 7.21. The van der Waals surface area contributed by atoms with E-state index in [2.05, 4.69) is 6.92 Å². The van der Waals surface area contributed by atoms with E-state index < -0.39 is 47.5 Å². The molecule has 9 atom stereocenters.